The number of nitrogens with one attached hydrogen (secondary N) is 3. The number of rotatable bonds is 7. The molecule has 3 N–H and O–H groups in total. The maximum atomic E-state index is 13.4. The number of aryl methyl sites for hydroxylation is 2. The normalized spacial score (nSPS) is 15.4. The summed E-state index contributed by atoms with van der Waals surface area (Å²) >= 11 is 6.53. The summed E-state index contributed by atoms with van der Waals surface area (Å²) in [6.45, 7) is 5.46. The molecule has 1 aliphatic rings. The summed E-state index contributed by atoms with van der Waals surface area (Å²) in [5.74, 6) is 0.0800. The van der Waals surface area contributed by atoms with Gasteiger partial charge in [0.2, 0.25) is 0 Å². The molecule has 1 atom stereocenters. The lowest BCUT2D eigenvalue weighted by Crippen LogP contribution is -2.35. The maximum absolute atomic E-state index is 13.4. The number of carbonyl (C=O) groups excluding carboxylic acids is 1. The molecule has 0 radical (unpaired) electrons. The van der Waals surface area contributed by atoms with E-state index >= 15 is 0 Å². The first-order valence-corrected chi connectivity index (χ1v) is 13.2. The number of hydrogen-bond donors (Lipinski definition) is 3. The quantitative estimate of drug-likeness (QED) is 0.294. The van der Waals surface area contributed by atoms with Gasteiger partial charge in [0.05, 0.1) is 34.0 Å². The van der Waals surface area contributed by atoms with Crippen molar-refractivity contribution in [2.75, 3.05) is 18.5 Å². The highest BCUT2D eigenvalue weighted by atomic mass is 35.5. The van der Waals surface area contributed by atoms with E-state index in [2.05, 4.69) is 31.7 Å². The van der Waals surface area contributed by atoms with Crippen molar-refractivity contribution in [2.45, 2.75) is 45.6 Å². The fraction of sp³-hybridized carbons (Fsp3) is 0.310. The second kappa shape index (κ2) is 11.3. The molecule has 1 saturated heterocycles. The van der Waals surface area contributed by atoms with Crippen LogP contribution in [0.1, 0.15) is 47.2 Å². The minimum absolute atomic E-state index is 0.262. The molecule has 1 amide bonds. The van der Waals surface area contributed by atoms with E-state index in [-0.39, 0.29) is 10.6 Å². The van der Waals surface area contributed by atoms with Crippen LogP contribution in [-0.2, 0) is 0 Å². The van der Waals surface area contributed by atoms with Gasteiger partial charge in [-0.1, -0.05) is 47.3 Å². The number of pyridine rings is 1. The van der Waals surface area contributed by atoms with Gasteiger partial charge >= 0.3 is 0 Å². The van der Waals surface area contributed by atoms with Crippen molar-refractivity contribution in [1.82, 2.24) is 20.3 Å². The van der Waals surface area contributed by atoms with Crippen molar-refractivity contribution in [3.05, 3.63) is 81.1 Å². The molecule has 0 spiro atoms. The van der Waals surface area contributed by atoms with Gasteiger partial charge in [0.15, 0.2) is 0 Å². The molecule has 9 heteroatoms. The zero-order valence-electron chi connectivity index (χ0n) is 21.4. The second-order valence-corrected chi connectivity index (χ2v) is 10.2. The van der Waals surface area contributed by atoms with Gasteiger partial charge in [0.25, 0.3) is 11.5 Å². The Kier molecular flexibility index (Phi) is 7.72. The minimum Gasteiger partial charge on any atom is -0.492 e. The zero-order valence-corrected chi connectivity index (χ0v) is 22.2. The number of fused-ring (bicyclic) bond motifs is 1. The van der Waals surface area contributed by atoms with Gasteiger partial charge in [-0.3, -0.25) is 9.59 Å². The Hall–Kier alpha value is -3.75. The molecule has 0 saturated carbocycles. The van der Waals surface area contributed by atoms with Crippen molar-refractivity contribution >= 4 is 34.1 Å². The van der Waals surface area contributed by atoms with Crippen LogP contribution in [0, 0.1) is 13.8 Å². The van der Waals surface area contributed by atoms with Crippen LogP contribution in [0.3, 0.4) is 0 Å². The first-order valence-electron chi connectivity index (χ1n) is 12.8. The number of aromatic amines is 1. The van der Waals surface area contributed by atoms with Crippen LogP contribution in [0.5, 0.6) is 5.75 Å². The molecule has 3 heterocycles. The van der Waals surface area contributed by atoms with E-state index < -0.39 is 5.91 Å². The number of piperidine rings is 1. The summed E-state index contributed by atoms with van der Waals surface area (Å²) in [5.41, 5.74) is 4.29. The lowest BCUT2D eigenvalue weighted by Gasteiger charge is -2.24. The van der Waals surface area contributed by atoms with Crippen LogP contribution in [-0.4, -0.2) is 40.1 Å². The van der Waals surface area contributed by atoms with Gasteiger partial charge in [-0.15, -0.1) is 0 Å². The number of carbonyl (C=O) groups is 1. The highest BCUT2D eigenvalue weighted by Gasteiger charge is 2.20. The second-order valence-electron chi connectivity index (χ2n) is 9.78. The van der Waals surface area contributed by atoms with Gasteiger partial charge in [-0.05, 0) is 57.4 Å². The molecule has 0 aliphatic carbocycles. The maximum Gasteiger partial charge on any atom is 0.260 e. The number of ether oxygens (including phenoxy) is 1. The van der Waals surface area contributed by atoms with Crippen LogP contribution < -0.4 is 20.9 Å². The molecule has 1 unspecified atom stereocenters. The number of aromatic nitrogens is 3. The van der Waals surface area contributed by atoms with Gasteiger partial charge in [-0.25, -0.2) is 9.97 Å². The Morgan fingerprint density at radius 2 is 1.87 bits per heavy atom. The van der Waals surface area contributed by atoms with E-state index in [4.69, 9.17) is 16.3 Å². The van der Waals surface area contributed by atoms with Gasteiger partial charge in [-0.2, -0.15) is 0 Å². The number of halogens is 1. The van der Waals surface area contributed by atoms with Crippen molar-refractivity contribution in [1.29, 1.82) is 0 Å². The van der Waals surface area contributed by atoms with Crippen LogP contribution >= 0.6 is 11.6 Å². The number of benzene rings is 2. The van der Waals surface area contributed by atoms with E-state index in [0.29, 0.717) is 46.1 Å². The summed E-state index contributed by atoms with van der Waals surface area (Å²) in [4.78, 5) is 37.0. The number of amides is 1. The van der Waals surface area contributed by atoms with Gasteiger partial charge in [0, 0.05) is 23.8 Å². The van der Waals surface area contributed by atoms with Crippen LogP contribution in [0.25, 0.3) is 22.0 Å². The average molecular weight is 532 g/mol. The third-order valence-electron chi connectivity index (χ3n) is 6.76. The smallest absolute Gasteiger partial charge is 0.260 e. The molecule has 2 aromatic carbocycles. The molecule has 1 fully saturated rings. The molecular weight excluding hydrogens is 502 g/mol. The summed E-state index contributed by atoms with van der Waals surface area (Å²) in [6, 6.07) is 9.79. The van der Waals surface area contributed by atoms with E-state index in [1.54, 1.807) is 12.1 Å². The van der Waals surface area contributed by atoms with Crippen LogP contribution in [0.15, 0.2) is 53.8 Å². The van der Waals surface area contributed by atoms with Crippen molar-refractivity contribution < 1.29 is 9.53 Å². The largest absolute Gasteiger partial charge is 0.492 e. The van der Waals surface area contributed by atoms with E-state index in [1.807, 2.05) is 26.0 Å². The molecule has 8 nitrogen and oxygen atoms in total. The molecule has 0 bridgehead atoms. The van der Waals surface area contributed by atoms with E-state index in [9.17, 15) is 9.59 Å². The SMILES string of the molecule is Cc1cc(C)cc(-c2c(OCCC3CCCCN3)c3cc(NC(=O)c4cncnc4)c(Cl)cc3[nH]c2=O)c1. The van der Waals surface area contributed by atoms with Crippen molar-refractivity contribution in [2.24, 2.45) is 0 Å². The Morgan fingerprint density at radius 3 is 2.58 bits per heavy atom. The molecule has 38 heavy (non-hydrogen) atoms. The Labute approximate surface area is 225 Å². The molecule has 4 aromatic rings. The fourth-order valence-electron chi connectivity index (χ4n) is 5.00. The Bertz CT molecular complexity index is 1510. The topological polar surface area (TPSA) is 109 Å². The number of nitrogens with zero attached hydrogens (tertiary/aromatic N) is 2. The first kappa shape index (κ1) is 25.9. The highest BCUT2D eigenvalue weighted by Crippen LogP contribution is 2.38. The third kappa shape index (κ3) is 5.71. The fourth-order valence-corrected chi connectivity index (χ4v) is 5.21. The summed E-state index contributed by atoms with van der Waals surface area (Å²) < 4.78 is 6.42. The highest BCUT2D eigenvalue weighted by molar-refractivity contribution is 6.35. The first-order chi connectivity index (χ1) is 18.4. The van der Waals surface area contributed by atoms with Gasteiger partial charge in [0.1, 0.15) is 12.1 Å². The number of hydrogen-bond acceptors (Lipinski definition) is 6. The summed E-state index contributed by atoms with van der Waals surface area (Å²) in [6.07, 6.45) is 8.55. The van der Waals surface area contributed by atoms with Crippen LogP contribution in [0.4, 0.5) is 5.69 Å². The Morgan fingerprint density at radius 1 is 1.11 bits per heavy atom. The van der Waals surface area contributed by atoms with E-state index in [1.165, 1.54) is 31.6 Å². The molecule has 5 rings (SSSR count). The monoisotopic (exact) mass is 531 g/mol. The number of anilines is 1. The van der Waals surface area contributed by atoms with Crippen LogP contribution in [0.2, 0.25) is 5.02 Å². The average Bonchev–Trinajstić information content (AvgIpc) is 2.90. The molecular formula is C29H30ClN5O3. The van der Waals surface area contributed by atoms with Gasteiger partial charge < -0.3 is 20.4 Å². The predicted octanol–water partition coefficient (Wildman–Crippen LogP) is 5.42. The third-order valence-corrected chi connectivity index (χ3v) is 7.07. The molecule has 1 aliphatic heterocycles. The van der Waals surface area contributed by atoms with E-state index in [0.717, 1.165) is 36.1 Å². The molecule has 196 valence electrons. The summed E-state index contributed by atoms with van der Waals surface area (Å²) in [5, 5.41) is 7.32. The zero-order chi connectivity index (χ0) is 26.6. The predicted molar refractivity (Wildman–Crippen MR) is 150 cm³/mol. The Balaban J connectivity index is 1.59. The number of H-pyrrole nitrogens is 1. The lowest BCUT2D eigenvalue weighted by molar-refractivity contribution is 0.102. The standard InChI is InChI=1S/C29H30ClN5O3/c1-17-9-18(2)11-19(10-17)26-27(38-8-6-21-5-3-4-7-33-21)22-12-25(23(30)13-24(22)34-29(26)37)35-28(36)20-14-31-16-32-15-20/h9-16,21,33H,3-8H2,1-2H3,(H,34,37)(H,35,36). The summed E-state index contributed by atoms with van der Waals surface area (Å²) in [7, 11) is 0. The van der Waals surface area contributed by atoms with Crippen molar-refractivity contribution in [3.63, 3.8) is 0 Å². The lowest BCUT2D eigenvalue weighted by atomic mass is 9.99. The van der Waals surface area contributed by atoms with Crippen molar-refractivity contribution in [3.8, 4) is 16.9 Å². The minimum atomic E-state index is -0.392. The molecule has 2 aromatic heterocycles.